The highest BCUT2D eigenvalue weighted by molar-refractivity contribution is 7.84. The van der Waals surface area contributed by atoms with Crippen molar-refractivity contribution in [1.29, 1.82) is 0 Å². The molecule has 1 N–H and O–H groups in total. The van der Waals surface area contributed by atoms with Gasteiger partial charge >= 0.3 is 0 Å². The molecule has 0 amide bonds. The minimum absolute atomic E-state index is 0.278. The highest BCUT2D eigenvalue weighted by Gasteiger charge is 2.05. The summed E-state index contributed by atoms with van der Waals surface area (Å²) in [4.78, 5) is 3.03. The largest absolute Gasteiger partial charge is 0.331 e. The van der Waals surface area contributed by atoms with Gasteiger partial charge in [0, 0.05) is 29.4 Å². The van der Waals surface area contributed by atoms with Gasteiger partial charge in [0.25, 0.3) is 0 Å². The van der Waals surface area contributed by atoms with Crippen molar-refractivity contribution >= 4 is 34.1 Å². The maximum absolute atomic E-state index is 13.2. The van der Waals surface area contributed by atoms with Crippen LogP contribution in [0.15, 0.2) is 18.2 Å². The highest BCUT2D eigenvalue weighted by Crippen LogP contribution is 2.16. The molecule has 0 aliphatic carbocycles. The fourth-order valence-corrected chi connectivity index (χ4v) is 2.61. The van der Waals surface area contributed by atoms with E-state index >= 15 is 0 Å². The minimum Gasteiger partial charge on any atom is -0.331 e. The zero-order valence-corrected chi connectivity index (χ0v) is 11.0. The number of hydrogen-bond acceptors (Lipinski definition) is 2. The van der Waals surface area contributed by atoms with Gasteiger partial charge in [-0.2, -0.15) is 0 Å². The van der Waals surface area contributed by atoms with E-state index in [0.29, 0.717) is 17.1 Å². The monoisotopic (exact) mass is 272 g/mol. The van der Waals surface area contributed by atoms with Crippen LogP contribution >= 0.6 is 12.2 Å². The SMILES string of the molecule is CS(=O)CCCn1c(=S)[nH]c2ccc(F)cc21. The van der Waals surface area contributed by atoms with Crippen LogP contribution in [0.2, 0.25) is 0 Å². The summed E-state index contributed by atoms with van der Waals surface area (Å²) in [6.45, 7) is 0.655. The molecule has 0 bridgehead atoms. The molecule has 1 atom stereocenters. The Bertz CT molecular complexity index is 617. The van der Waals surface area contributed by atoms with E-state index in [1.165, 1.54) is 12.1 Å². The Kier molecular flexibility index (Phi) is 3.73. The first kappa shape index (κ1) is 12.4. The molecule has 1 aromatic carbocycles. The van der Waals surface area contributed by atoms with E-state index in [9.17, 15) is 8.60 Å². The van der Waals surface area contributed by atoms with Crippen molar-refractivity contribution in [2.75, 3.05) is 12.0 Å². The van der Waals surface area contributed by atoms with Crippen molar-refractivity contribution in [3.05, 3.63) is 28.8 Å². The van der Waals surface area contributed by atoms with Gasteiger partial charge in [0.05, 0.1) is 11.0 Å². The Hall–Kier alpha value is -1.01. The number of hydrogen-bond donors (Lipinski definition) is 1. The molecule has 1 unspecified atom stereocenters. The second kappa shape index (κ2) is 5.10. The van der Waals surface area contributed by atoms with Crippen molar-refractivity contribution in [2.24, 2.45) is 0 Å². The number of H-pyrrole nitrogens is 1. The van der Waals surface area contributed by atoms with Gasteiger partial charge in [-0.1, -0.05) is 0 Å². The minimum atomic E-state index is -0.803. The normalized spacial score (nSPS) is 13.1. The van der Waals surface area contributed by atoms with Gasteiger partial charge < -0.3 is 9.55 Å². The van der Waals surface area contributed by atoms with Crippen molar-refractivity contribution in [3.8, 4) is 0 Å². The Morgan fingerprint density at radius 3 is 3.00 bits per heavy atom. The summed E-state index contributed by atoms with van der Waals surface area (Å²) in [5.74, 6) is 0.350. The number of nitrogens with one attached hydrogen (secondary N) is 1. The van der Waals surface area contributed by atoms with E-state index in [2.05, 4.69) is 4.98 Å². The first-order valence-corrected chi connectivity index (χ1v) is 7.39. The average molecular weight is 272 g/mol. The molecular formula is C11H13FN2OS2. The van der Waals surface area contributed by atoms with Gasteiger partial charge in [-0.05, 0) is 36.8 Å². The molecule has 0 saturated carbocycles. The fourth-order valence-electron chi connectivity index (χ4n) is 1.77. The third-order valence-electron chi connectivity index (χ3n) is 2.55. The van der Waals surface area contributed by atoms with Crippen molar-refractivity contribution in [2.45, 2.75) is 13.0 Å². The van der Waals surface area contributed by atoms with Gasteiger partial charge in [0.2, 0.25) is 0 Å². The zero-order valence-electron chi connectivity index (χ0n) is 9.40. The molecule has 2 rings (SSSR count). The molecule has 0 aliphatic heterocycles. The Morgan fingerprint density at radius 1 is 1.53 bits per heavy atom. The Morgan fingerprint density at radius 2 is 2.29 bits per heavy atom. The number of aryl methyl sites for hydroxylation is 1. The molecule has 2 aromatic rings. The number of rotatable bonds is 4. The first-order chi connectivity index (χ1) is 8.08. The second-order valence-electron chi connectivity index (χ2n) is 3.87. The van der Waals surface area contributed by atoms with Crippen LogP contribution in [0.1, 0.15) is 6.42 Å². The zero-order chi connectivity index (χ0) is 12.4. The lowest BCUT2D eigenvalue weighted by molar-refractivity contribution is 0.626. The lowest BCUT2D eigenvalue weighted by Crippen LogP contribution is -2.03. The summed E-state index contributed by atoms with van der Waals surface area (Å²) in [6, 6.07) is 4.54. The molecule has 1 heterocycles. The number of halogens is 1. The molecule has 1 aromatic heterocycles. The highest BCUT2D eigenvalue weighted by atomic mass is 32.2. The van der Waals surface area contributed by atoms with Gasteiger partial charge in [0.1, 0.15) is 5.82 Å². The predicted octanol–water partition coefficient (Wildman–Crippen LogP) is 2.61. The number of aromatic nitrogens is 2. The summed E-state index contributed by atoms with van der Waals surface area (Å²) < 4.78 is 26.6. The number of nitrogens with zero attached hydrogens (tertiary/aromatic N) is 1. The maximum Gasteiger partial charge on any atom is 0.178 e. The van der Waals surface area contributed by atoms with Crippen LogP contribution in [0.3, 0.4) is 0 Å². The third-order valence-corrected chi connectivity index (χ3v) is 3.74. The third kappa shape index (κ3) is 2.81. The van der Waals surface area contributed by atoms with E-state index in [4.69, 9.17) is 12.2 Å². The van der Waals surface area contributed by atoms with Crippen molar-refractivity contribution in [1.82, 2.24) is 9.55 Å². The van der Waals surface area contributed by atoms with E-state index < -0.39 is 10.8 Å². The molecular weight excluding hydrogens is 259 g/mol. The Balaban J connectivity index is 2.32. The molecule has 0 aliphatic rings. The van der Waals surface area contributed by atoms with E-state index in [-0.39, 0.29) is 5.82 Å². The van der Waals surface area contributed by atoms with E-state index in [0.717, 1.165) is 17.5 Å². The quantitative estimate of drug-likeness (QED) is 0.869. The van der Waals surface area contributed by atoms with Crippen LogP contribution in [0.25, 0.3) is 11.0 Å². The number of imidazole rings is 1. The fraction of sp³-hybridized carbons (Fsp3) is 0.364. The molecule has 0 spiro atoms. The molecule has 17 heavy (non-hydrogen) atoms. The lowest BCUT2D eigenvalue weighted by Gasteiger charge is -2.03. The summed E-state index contributed by atoms with van der Waals surface area (Å²) in [5, 5.41) is 0. The standard InChI is InChI=1S/C11H13FN2OS2/c1-17(15)6-2-5-14-10-7-8(12)3-4-9(10)13-11(14)16/h3-4,7H,2,5-6H2,1H3,(H,13,16). The molecule has 0 fully saturated rings. The van der Waals surface area contributed by atoms with Crippen molar-refractivity contribution in [3.63, 3.8) is 0 Å². The second-order valence-corrected chi connectivity index (χ2v) is 5.82. The van der Waals surface area contributed by atoms with Crippen LogP contribution in [-0.2, 0) is 17.3 Å². The van der Waals surface area contributed by atoms with Gasteiger partial charge in [-0.3, -0.25) is 4.21 Å². The van der Waals surface area contributed by atoms with Gasteiger partial charge in [-0.25, -0.2) is 4.39 Å². The van der Waals surface area contributed by atoms with Crippen LogP contribution in [-0.4, -0.2) is 25.8 Å². The molecule has 3 nitrogen and oxygen atoms in total. The molecule has 92 valence electrons. The number of fused-ring (bicyclic) bond motifs is 1. The smallest absolute Gasteiger partial charge is 0.178 e. The first-order valence-electron chi connectivity index (χ1n) is 5.26. The van der Waals surface area contributed by atoms with Crippen LogP contribution in [0.4, 0.5) is 4.39 Å². The maximum atomic E-state index is 13.2. The topological polar surface area (TPSA) is 37.8 Å². The molecule has 0 saturated heterocycles. The summed E-state index contributed by atoms with van der Waals surface area (Å²) >= 11 is 5.18. The van der Waals surface area contributed by atoms with E-state index in [1.54, 1.807) is 12.3 Å². The van der Waals surface area contributed by atoms with Crippen molar-refractivity contribution < 1.29 is 8.60 Å². The summed E-state index contributed by atoms with van der Waals surface area (Å²) in [7, 11) is -0.803. The van der Waals surface area contributed by atoms with Crippen LogP contribution < -0.4 is 0 Å². The average Bonchev–Trinajstić information content (AvgIpc) is 2.55. The predicted molar refractivity (Wildman–Crippen MR) is 70.6 cm³/mol. The van der Waals surface area contributed by atoms with E-state index in [1.807, 2.05) is 4.57 Å². The number of benzene rings is 1. The molecule has 6 heteroatoms. The van der Waals surface area contributed by atoms with Crippen LogP contribution in [0.5, 0.6) is 0 Å². The van der Waals surface area contributed by atoms with Gasteiger partial charge in [-0.15, -0.1) is 0 Å². The Labute approximate surface area is 106 Å². The lowest BCUT2D eigenvalue weighted by atomic mass is 10.3. The summed E-state index contributed by atoms with van der Waals surface area (Å²) in [6.07, 6.45) is 2.44. The van der Waals surface area contributed by atoms with Gasteiger partial charge in [0.15, 0.2) is 4.77 Å². The summed E-state index contributed by atoms with van der Waals surface area (Å²) in [5.41, 5.74) is 1.59. The molecule has 0 radical (unpaired) electrons. The number of aromatic amines is 1. The van der Waals surface area contributed by atoms with Crippen LogP contribution in [0, 0.1) is 10.6 Å².